The highest BCUT2D eigenvalue weighted by atomic mass is 35.5. The van der Waals surface area contributed by atoms with E-state index in [-0.39, 0.29) is 0 Å². The molecular weight excluding hydrogens is 258 g/mol. The Morgan fingerprint density at radius 1 is 1.21 bits per heavy atom. The molecule has 0 atom stereocenters. The molecule has 0 radical (unpaired) electrons. The molecule has 1 heterocycles. The highest BCUT2D eigenvalue weighted by Crippen LogP contribution is 2.19. The minimum atomic E-state index is 0.462. The van der Waals surface area contributed by atoms with Gasteiger partial charge in [0.15, 0.2) is 0 Å². The fourth-order valence-electron chi connectivity index (χ4n) is 1.09. The van der Waals surface area contributed by atoms with Crippen molar-refractivity contribution in [3.63, 3.8) is 0 Å². The molecule has 0 amide bonds. The molecule has 0 unspecified atom stereocenters. The number of hydrogen-bond donors (Lipinski definition) is 0. The van der Waals surface area contributed by atoms with Gasteiger partial charge >= 0.3 is 0 Å². The SMILES string of the molecule is C=CCC/C=C/c1ccc(OC)nc1Cl.CC.CC. The third-order valence-electron chi connectivity index (χ3n) is 1.90. The molecule has 0 saturated carbocycles. The molecule has 1 rings (SSSR count). The number of ether oxygens (including phenoxy) is 1. The Morgan fingerprint density at radius 3 is 2.32 bits per heavy atom. The first-order chi connectivity index (χ1) is 9.27. The van der Waals surface area contributed by atoms with Crippen LogP contribution in [0.2, 0.25) is 5.15 Å². The average molecular weight is 284 g/mol. The van der Waals surface area contributed by atoms with Crippen molar-refractivity contribution in [2.24, 2.45) is 0 Å². The van der Waals surface area contributed by atoms with E-state index < -0.39 is 0 Å². The lowest BCUT2D eigenvalue weighted by Crippen LogP contribution is -1.88. The summed E-state index contributed by atoms with van der Waals surface area (Å²) in [6.45, 7) is 11.7. The summed E-state index contributed by atoms with van der Waals surface area (Å²) in [6.07, 6.45) is 7.83. The average Bonchev–Trinajstić information content (AvgIpc) is 2.49. The predicted octanol–water partition coefficient (Wildman–Crippen LogP) is 5.78. The largest absolute Gasteiger partial charge is 0.481 e. The van der Waals surface area contributed by atoms with E-state index in [9.17, 15) is 0 Å². The molecule has 0 fully saturated rings. The number of hydrogen-bond acceptors (Lipinski definition) is 2. The summed E-state index contributed by atoms with van der Waals surface area (Å²) in [5, 5.41) is 0.462. The Kier molecular flexibility index (Phi) is 15.6. The normalized spacial score (nSPS) is 8.95. The van der Waals surface area contributed by atoms with E-state index >= 15 is 0 Å². The number of pyridine rings is 1. The summed E-state index contributed by atoms with van der Waals surface area (Å²) in [7, 11) is 1.57. The maximum Gasteiger partial charge on any atom is 0.214 e. The van der Waals surface area contributed by atoms with Crippen molar-refractivity contribution in [3.8, 4) is 5.88 Å². The maximum atomic E-state index is 5.96. The molecule has 2 nitrogen and oxygen atoms in total. The number of halogens is 1. The van der Waals surface area contributed by atoms with Crippen LogP contribution < -0.4 is 4.74 Å². The molecule has 3 heteroatoms. The van der Waals surface area contributed by atoms with Gasteiger partial charge in [0.1, 0.15) is 5.15 Å². The van der Waals surface area contributed by atoms with E-state index in [2.05, 4.69) is 17.6 Å². The summed E-state index contributed by atoms with van der Waals surface area (Å²) in [5.41, 5.74) is 0.904. The second-order valence-corrected chi connectivity index (χ2v) is 3.36. The second kappa shape index (κ2) is 14.8. The minimum Gasteiger partial charge on any atom is -0.481 e. The maximum absolute atomic E-state index is 5.96. The zero-order valence-electron chi connectivity index (χ0n) is 12.7. The summed E-state index contributed by atoms with van der Waals surface area (Å²) in [4.78, 5) is 4.06. The molecule has 0 bridgehead atoms. The first-order valence-electron chi connectivity index (χ1n) is 6.76. The van der Waals surface area contributed by atoms with Gasteiger partial charge in [-0.15, -0.1) is 6.58 Å². The van der Waals surface area contributed by atoms with Gasteiger partial charge < -0.3 is 4.74 Å². The molecule has 0 aliphatic carbocycles. The smallest absolute Gasteiger partial charge is 0.214 e. The van der Waals surface area contributed by atoms with Crippen LogP contribution in [0, 0.1) is 0 Å². The van der Waals surface area contributed by atoms with E-state index in [1.807, 2.05) is 45.9 Å². The van der Waals surface area contributed by atoms with Crippen LogP contribution in [-0.2, 0) is 0 Å². The Bertz CT molecular complexity index is 362. The fraction of sp³-hybridized carbons (Fsp3) is 0.438. The Hall–Kier alpha value is -1.28. The van der Waals surface area contributed by atoms with Gasteiger partial charge in [0, 0.05) is 11.6 Å². The lowest BCUT2D eigenvalue weighted by molar-refractivity contribution is 0.398. The first-order valence-corrected chi connectivity index (χ1v) is 7.13. The molecule has 0 aliphatic rings. The van der Waals surface area contributed by atoms with Crippen LogP contribution in [0.5, 0.6) is 5.88 Å². The van der Waals surface area contributed by atoms with Gasteiger partial charge in [0.25, 0.3) is 0 Å². The quantitative estimate of drug-likeness (QED) is 0.388. The Labute approximate surface area is 123 Å². The van der Waals surface area contributed by atoms with Crippen LogP contribution >= 0.6 is 11.6 Å². The van der Waals surface area contributed by atoms with Crippen LogP contribution in [-0.4, -0.2) is 12.1 Å². The van der Waals surface area contributed by atoms with Crippen molar-refractivity contribution in [3.05, 3.63) is 41.6 Å². The fourth-order valence-corrected chi connectivity index (χ4v) is 1.30. The van der Waals surface area contributed by atoms with E-state index in [1.54, 1.807) is 13.2 Å². The molecular formula is C16H26ClNO. The summed E-state index contributed by atoms with van der Waals surface area (Å²) >= 11 is 5.96. The van der Waals surface area contributed by atoms with Crippen molar-refractivity contribution in [1.29, 1.82) is 0 Å². The Morgan fingerprint density at radius 2 is 1.84 bits per heavy atom. The van der Waals surface area contributed by atoms with E-state index in [0.29, 0.717) is 11.0 Å². The third kappa shape index (κ3) is 9.32. The van der Waals surface area contributed by atoms with Crippen molar-refractivity contribution in [2.75, 3.05) is 7.11 Å². The number of aromatic nitrogens is 1. The van der Waals surface area contributed by atoms with Gasteiger partial charge in [-0.3, -0.25) is 0 Å². The molecule has 1 aromatic heterocycles. The molecule has 19 heavy (non-hydrogen) atoms. The number of allylic oxidation sites excluding steroid dienone is 2. The van der Waals surface area contributed by atoms with Gasteiger partial charge in [-0.05, 0) is 18.9 Å². The van der Waals surface area contributed by atoms with E-state index in [0.717, 1.165) is 18.4 Å². The van der Waals surface area contributed by atoms with Crippen molar-refractivity contribution >= 4 is 17.7 Å². The standard InChI is InChI=1S/C12H14ClNO.2C2H6/c1-3-4-5-6-7-10-8-9-11(15-2)14-12(10)13;2*1-2/h3,6-9H,1,4-5H2,2H3;2*1-2H3/b7-6+;;. The second-order valence-electron chi connectivity index (χ2n) is 3.00. The number of rotatable bonds is 5. The van der Waals surface area contributed by atoms with Crippen molar-refractivity contribution in [1.82, 2.24) is 4.98 Å². The van der Waals surface area contributed by atoms with Gasteiger partial charge in [-0.25, -0.2) is 4.98 Å². The topological polar surface area (TPSA) is 22.1 Å². The van der Waals surface area contributed by atoms with Crippen molar-refractivity contribution in [2.45, 2.75) is 40.5 Å². The zero-order valence-corrected chi connectivity index (χ0v) is 13.5. The molecule has 0 aromatic carbocycles. The van der Waals surface area contributed by atoms with Crippen LogP contribution in [0.4, 0.5) is 0 Å². The van der Waals surface area contributed by atoms with Crippen LogP contribution in [0.25, 0.3) is 6.08 Å². The minimum absolute atomic E-state index is 0.462. The molecule has 108 valence electrons. The summed E-state index contributed by atoms with van der Waals surface area (Å²) in [5.74, 6) is 0.531. The lowest BCUT2D eigenvalue weighted by Gasteiger charge is -2.01. The van der Waals surface area contributed by atoms with Crippen LogP contribution in [0.3, 0.4) is 0 Å². The van der Waals surface area contributed by atoms with Gasteiger partial charge in [0.2, 0.25) is 5.88 Å². The third-order valence-corrected chi connectivity index (χ3v) is 2.20. The lowest BCUT2D eigenvalue weighted by atomic mass is 10.2. The van der Waals surface area contributed by atoms with Crippen LogP contribution in [0.15, 0.2) is 30.9 Å². The molecule has 0 N–H and O–H groups in total. The number of methoxy groups -OCH3 is 1. The highest BCUT2D eigenvalue weighted by molar-refractivity contribution is 6.30. The van der Waals surface area contributed by atoms with E-state index in [4.69, 9.17) is 16.3 Å². The Balaban J connectivity index is 0. The van der Waals surface area contributed by atoms with Crippen molar-refractivity contribution < 1.29 is 4.74 Å². The summed E-state index contributed by atoms with van der Waals surface area (Å²) in [6, 6.07) is 3.68. The predicted molar refractivity (Wildman–Crippen MR) is 87.0 cm³/mol. The highest BCUT2D eigenvalue weighted by Gasteiger charge is 1.99. The monoisotopic (exact) mass is 283 g/mol. The molecule has 0 saturated heterocycles. The van der Waals surface area contributed by atoms with Gasteiger partial charge in [0.05, 0.1) is 7.11 Å². The number of unbranched alkanes of at least 4 members (excludes halogenated alkanes) is 1. The molecule has 0 aliphatic heterocycles. The van der Waals surface area contributed by atoms with Gasteiger partial charge in [-0.1, -0.05) is 57.5 Å². The first kappa shape index (κ1) is 20.0. The van der Waals surface area contributed by atoms with Crippen LogP contribution in [0.1, 0.15) is 46.1 Å². The molecule has 0 spiro atoms. The summed E-state index contributed by atoms with van der Waals surface area (Å²) < 4.78 is 4.96. The molecule has 1 aromatic rings. The zero-order chi connectivity index (χ0) is 15.1. The van der Waals surface area contributed by atoms with Gasteiger partial charge in [-0.2, -0.15) is 0 Å². The number of nitrogens with zero attached hydrogens (tertiary/aromatic N) is 1. The van der Waals surface area contributed by atoms with E-state index in [1.165, 1.54) is 0 Å².